The zero-order valence-electron chi connectivity index (χ0n) is 16.3. The van der Waals surface area contributed by atoms with Gasteiger partial charge in [-0.1, -0.05) is 35.5 Å². The number of benzene rings is 1. The van der Waals surface area contributed by atoms with Crippen molar-refractivity contribution in [3.05, 3.63) is 54.2 Å². The molecule has 0 unspecified atom stereocenters. The Morgan fingerprint density at radius 2 is 2.00 bits per heavy atom. The van der Waals surface area contributed by atoms with E-state index in [0.717, 1.165) is 43.9 Å². The SMILES string of the molecule is Cc1cn(CCn2cnc(-c3ccccc3)c2[C@@H]2CCOC(C)(C)C2)nn1. The number of aromatic nitrogens is 5. The molecule has 4 rings (SSSR count). The first-order chi connectivity index (χ1) is 13.0. The lowest BCUT2D eigenvalue weighted by Crippen LogP contribution is -2.34. The van der Waals surface area contributed by atoms with Gasteiger partial charge >= 0.3 is 0 Å². The van der Waals surface area contributed by atoms with Crippen LogP contribution in [0.3, 0.4) is 0 Å². The van der Waals surface area contributed by atoms with Crippen LogP contribution < -0.4 is 0 Å². The van der Waals surface area contributed by atoms with Crippen LogP contribution in [0, 0.1) is 6.92 Å². The van der Waals surface area contributed by atoms with Crippen LogP contribution in [0.5, 0.6) is 0 Å². The Hall–Kier alpha value is -2.47. The molecular formula is C21H27N5O. The van der Waals surface area contributed by atoms with E-state index in [1.165, 1.54) is 11.3 Å². The van der Waals surface area contributed by atoms with E-state index in [9.17, 15) is 0 Å². The highest BCUT2D eigenvalue weighted by Crippen LogP contribution is 2.39. The van der Waals surface area contributed by atoms with Crippen LogP contribution in [-0.2, 0) is 17.8 Å². The van der Waals surface area contributed by atoms with Crippen molar-refractivity contribution in [1.82, 2.24) is 24.5 Å². The smallest absolute Gasteiger partial charge is 0.0956 e. The Morgan fingerprint density at radius 3 is 2.70 bits per heavy atom. The molecular weight excluding hydrogens is 338 g/mol. The molecule has 1 saturated heterocycles. The molecule has 142 valence electrons. The van der Waals surface area contributed by atoms with Crippen LogP contribution in [0.25, 0.3) is 11.3 Å². The Kier molecular flexibility index (Phi) is 4.83. The lowest BCUT2D eigenvalue weighted by molar-refractivity contribution is -0.0600. The Labute approximate surface area is 160 Å². The average molecular weight is 365 g/mol. The van der Waals surface area contributed by atoms with E-state index in [1.54, 1.807) is 0 Å². The Balaban J connectivity index is 1.67. The van der Waals surface area contributed by atoms with Gasteiger partial charge in [0.15, 0.2) is 0 Å². The standard InChI is InChI=1S/C21H27N5O/c1-16-14-26(24-23-16)11-10-25-15-22-19(17-7-5-4-6-8-17)20(25)18-9-12-27-21(2,3)13-18/h4-8,14-15,18H,9-13H2,1-3H3/t18-/m1/s1. The first-order valence-electron chi connectivity index (χ1n) is 9.63. The fourth-order valence-corrected chi connectivity index (χ4v) is 4.00. The highest BCUT2D eigenvalue weighted by atomic mass is 16.5. The highest BCUT2D eigenvalue weighted by Gasteiger charge is 2.33. The lowest BCUT2D eigenvalue weighted by Gasteiger charge is -2.36. The van der Waals surface area contributed by atoms with Gasteiger partial charge in [0, 0.05) is 36.5 Å². The van der Waals surface area contributed by atoms with Gasteiger partial charge in [-0.05, 0) is 33.6 Å². The fraction of sp³-hybridized carbons (Fsp3) is 0.476. The van der Waals surface area contributed by atoms with E-state index in [-0.39, 0.29) is 5.60 Å². The summed E-state index contributed by atoms with van der Waals surface area (Å²) in [5.74, 6) is 0.434. The first-order valence-corrected chi connectivity index (χ1v) is 9.63. The van der Waals surface area contributed by atoms with E-state index in [1.807, 2.05) is 30.2 Å². The van der Waals surface area contributed by atoms with Gasteiger partial charge in [0.25, 0.3) is 0 Å². The van der Waals surface area contributed by atoms with Gasteiger partial charge < -0.3 is 9.30 Å². The molecule has 0 bridgehead atoms. The number of imidazole rings is 1. The molecule has 0 amide bonds. The predicted octanol–water partition coefficient (Wildman–Crippen LogP) is 3.82. The van der Waals surface area contributed by atoms with Crippen molar-refractivity contribution < 1.29 is 4.74 Å². The molecule has 0 N–H and O–H groups in total. The summed E-state index contributed by atoms with van der Waals surface area (Å²) in [7, 11) is 0. The van der Waals surface area contributed by atoms with E-state index < -0.39 is 0 Å². The van der Waals surface area contributed by atoms with Crippen LogP contribution in [0.4, 0.5) is 0 Å². The molecule has 6 nitrogen and oxygen atoms in total. The molecule has 0 saturated carbocycles. The number of aryl methyl sites for hydroxylation is 3. The summed E-state index contributed by atoms with van der Waals surface area (Å²) in [4.78, 5) is 4.80. The van der Waals surface area contributed by atoms with Crippen molar-refractivity contribution in [1.29, 1.82) is 0 Å². The maximum atomic E-state index is 5.96. The van der Waals surface area contributed by atoms with Crippen LogP contribution in [0.15, 0.2) is 42.9 Å². The van der Waals surface area contributed by atoms with E-state index >= 15 is 0 Å². The third-order valence-corrected chi connectivity index (χ3v) is 5.23. The number of nitrogens with zero attached hydrogens (tertiary/aromatic N) is 5. The quantitative estimate of drug-likeness (QED) is 0.690. The number of hydrogen-bond donors (Lipinski definition) is 0. The summed E-state index contributed by atoms with van der Waals surface area (Å²) >= 11 is 0. The number of ether oxygens (including phenoxy) is 1. The van der Waals surface area contributed by atoms with Crippen molar-refractivity contribution in [3.8, 4) is 11.3 Å². The first kappa shape index (κ1) is 17.9. The average Bonchev–Trinajstić information content (AvgIpc) is 3.26. The second-order valence-corrected chi connectivity index (χ2v) is 7.96. The van der Waals surface area contributed by atoms with E-state index in [0.29, 0.717) is 5.92 Å². The Morgan fingerprint density at radius 1 is 1.19 bits per heavy atom. The largest absolute Gasteiger partial charge is 0.376 e. The normalized spacial score (nSPS) is 19.3. The van der Waals surface area contributed by atoms with Crippen LogP contribution in [0.1, 0.15) is 44.0 Å². The zero-order chi connectivity index (χ0) is 18.9. The third-order valence-electron chi connectivity index (χ3n) is 5.23. The van der Waals surface area contributed by atoms with Gasteiger partial charge in [-0.15, -0.1) is 5.10 Å². The number of rotatable bonds is 5. The maximum absolute atomic E-state index is 5.96. The summed E-state index contributed by atoms with van der Waals surface area (Å²) in [5, 5.41) is 8.26. The molecule has 1 aromatic carbocycles. The lowest BCUT2D eigenvalue weighted by atomic mass is 9.84. The third kappa shape index (κ3) is 3.95. The maximum Gasteiger partial charge on any atom is 0.0956 e. The second kappa shape index (κ2) is 7.27. The van der Waals surface area contributed by atoms with Gasteiger partial charge in [0.1, 0.15) is 0 Å². The summed E-state index contributed by atoms with van der Waals surface area (Å²) in [6.45, 7) is 8.73. The van der Waals surface area contributed by atoms with Crippen molar-refractivity contribution in [2.24, 2.45) is 0 Å². The molecule has 0 aliphatic carbocycles. The van der Waals surface area contributed by atoms with Gasteiger partial charge in [-0.25, -0.2) is 4.98 Å². The molecule has 0 spiro atoms. The molecule has 1 aliphatic rings. The van der Waals surface area contributed by atoms with Crippen molar-refractivity contribution in [3.63, 3.8) is 0 Å². The summed E-state index contributed by atoms with van der Waals surface area (Å²) < 4.78 is 10.2. The van der Waals surface area contributed by atoms with E-state index in [2.05, 4.69) is 53.0 Å². The monoisotopic (exact) mass is 365 g/mol. The molecule has 27 heavy (non-hydrogen) atoms. The molecule has 0 radical (unpaired) electrons. The zero-order valence-corrected chi connectivity index (χ0v) is 16.3. The molecule has 1 fully saturated rings. The van der Waals surface area contributed by atoms with Gasteiger partial charge in [-0.3, -0.25) is 4.68 Å². The predicted molar refractivity (Wildman–Crippen MR) is 104 cm³/mol. The fourth-order valence-electron chi connectivity index (χ4n) is 4.00. The molecule has 1 atom stereocenters. The minimum absolute atomic E-state index is 0.102. The molecule has 1 aliphatic heterocycles. The van der Waals surface area contributed by atoms with Crippen LogP contribution in [0.2, 0.25) is 0 Å². The van der Waals surface area contributed by atoms with Crippen molar-refractivity contribution in [2.75, 3.05) is 6.61 Å². The minimum Gasteiger partial charge on any atom is -0.376 e. The highest BCUT2D eigenvalue weighted by molar-refractivity contribution is 5.62. The topological polar surface area (TPSA) is 57.8 Å². The van der Waals surface area contributed by atoms with E-state index in [4.69, 9.17) is 9.72 Å². The van der Waals surface area contributed by atoms with Crippen LogP contribution >= 0.6 is 0 Å². The van der Waals surface area contributed by atoms with Gasteiger partial charge in [0.05, 0.1) is 29.9 Å². The van der Waals surface area contributed by atoms with Crippen molar-refractivity contribution >= 4 is 0 Å². The van der Waals surface area contributed by atoms with Gasteiger partial charge in [0.2, 0.25) is 0 Å². The summed E-state index contributed by atoms with van der Waals surface area (Å²) in [6.07, 6.45) is 5.98. The second-order valence-electron chi connectivity index (χ2n) is 7.96. The number of hydrogen-bond acceptors (Lipinski definition) is 4. The molecule has 6 heteroatoms. The Bertz CT molecular complexity index is 896. The van der Waals surface area contributed by atoms with Gasteiger partial charge in [-0.2, -0.15) is 0 Å². The molecule has 3 heterocycles. The van der Waals surface area contributed by atoms with Crippen LogP contribution in [-0.4, -0.2) is 36.8 Å². The van der Waals surface area contributed by atoms with Crippen molar-refractivity contribution in [2.45, 2.75) is 58.2 Å². The molecule has 3 aromatic rings. The molecule has 2 aromatic heterocycles. The summed E-state index contributed by atoms with van der Waals surface area (Å²) in [6, 6.07) is 10.5. The summed E-state index contributed by atoms with van der Waals surface area (Å²) in [5.41, 5.74) is 4.42. The minimum atomic E-state index is -0.102.